The third-order valence-electron chi connectivity index (χ3n) is 3.16. The van der Waals surface area contributed by atoms with Gasteiger partial charge in [-0.1, -0.05) is 30.3 Å². The fraction of sp³-hybridized carbons (Fsp3) is 0.0588. The lowest BCUT2D eigenvalue weighted by molar-refractivity contribution is 0.102. The van der Waals surface area contributed by atoms with Crippen LogP contribution in [0.2, 0.25) is 0 Å². The number of nitrogens with zero attached hydrogens (tertiary/aromatic N) is 3. The highest BCUT2D eigenvalue weighted by Crippen LogP contribution is 2.19. The van der Waals surface area contributed by atoms with Gasteiger partial charge < -0.3 is 5.32 Å². The Labute approximate surface area is 128 Å². The van der Waals surface area contributed by atoms with Crippen molar-refractivity contribution < 1.29 is 4.79 Å². The first kappa shape index (κ1) is 13.9. The number of amides is 1. The van der Waals surface area contributed by atoms with Crippen LogP contribution in [0.5, 0.6) is 0 Å². The molecule has 108 valence electrons. The second kappa shape index (κ2) is 6.13. The van der Waals surface area contributed by atoms with E-state index in [1.165, 1.54) is 12.4 Å². The second-order valence-electron chi connectivity index (χ2n) is 4.77. The third-order valence-corrected chi connectivity index (χ3v) is 3.16. The molecule has 5 nitrogen and oxygen atoms in total. The van der Waals surface area contributed by atoms with Gasteiger partial charge in [0.15, 0.2) is 0 Å². The Morgan fingerprint density at radius 2 is 1.59 bits per heavy atom. The molecule has 0 radical (unpaired) electrons. The standard InChI is InChI=1S/C17H14N4O/c1-12-18-10-15(11-19-12)17(22)21-16-8-7-14(9-20-16)13-5-3-2-4-6-13/h2-11H,1H3,(H,20,21,22). The van der Waals surface area contributed by atoms with Crippen LogP contribution in [0.3, 0.4) is 0 Å². The predicted octanol–water partition coefficient (Wildman–Crippen LogP) is 3.10. The van der Waals surface area contributed by atoms with Crippen molar-refractivity contribution in [3.8, 4) is 11.1 Å². The highest BCUT2D eigenvalue weighted by molar-refractivity contribution is 6.03. The molecule has 22 heavy (non-hydrogen) atoms. The molecule has 0 aliphatic carbocycles. The van der Waals surface area contributed by atoms with Crippen LogP contribution in [0.1, 0.15) is 16.2 Å². The highest BCUT2D eigenvalue weighted by atomic mass is 16.1. The van der Waals surface area contributed by atoms with Crippen molar-refractivity contribution in [3.05, 3.63) is 72.4 Å². The summed E-state index contributed by atoms with van der Waals surface area (Å²) in [6.07, 6.45) is 4.72. The highest BCUT2D eigenvalue weighted by Gasteiger charge is 2.08. The number of nitrogens with one attached hydrogen (secondary N) is 1. The number of anilines is 1. The van der Waals surface area contributed by atoms with Gasteiger partial charge in [0, 0.05) is 24.2 Å². The van der Waals surface area contributed by atoms with Crippen LogP contribution in [-0.4, -0.2) is 20.9 Å². The van der Waals surface area contributed by atoms with Crippen LogP contribution in [0.15, 0.2) is 61.1 Å². The number of carbonyl (C=O) groups is 1. The molecule has 0 bridgehead atoms. The van der Waals surface area contributed by atoms with Crippen molar-refractivity contribution in [2.45, 2.75) is 6.92 Å². The molecule has 0 aliphatic heterocycles. The van der Waals surface area contributed by atoms with Crippen molar-refractivity contribution in [1.82, 2.24) is 15.0 Å². The Morgan fingerprint density at radius 1 is 0.864 bits per heavy atom. The molecule has 0 aliphatic rings. The largest absolute Gasteiger partial charge is 0.306 e. The molecule has 0 unspecified atom stereocenters. The normalized spacial score (nSPS) is 10.2. The molecule has 5 heteroatoms. The summed E-state index contributed by atoms with van der Waals surface area (Å²) in [6.45, 7) is 1.77. The maximum atomic E-state index is 12.0. The quantitative estimate of drug-likeness (QED) is 0.804. The number of pyridine rings is 1. The lowest BCUT2D eigenvalue weighted by atomic mass is 10.1. The van der Waals surface area contributed by atoms with E-state index >= 15 is 0 Å². The molecule has 0 saturated carbocycles. The van der Waals surface area contributed by atoms with E-state index in [1.807, 2.05) is 36.4 Å². The Kier molecular flexibility index (Phi) is 3.87. The Hall–Kier alpha value is -3.08. The third kappa shape index (κ3) is 3.15. The van der Waals surface area contributed by atoms with Gasteiger partial charge in [0.25, 0.3) is 5.91 Å². The van der Waals surface area contributed by atoms with Crippen LogP contribution < -0.4 is 5.32 Å². The van der Waals surface area contributed by atoms with E-state index in [4.69, 9.17) is 0 Å². The van der Waals surface area contributed by atoms with E-state index in [0.717, 1.165) is 11.1 Å². The molecule has 3 aromatic rings. The van der Waals surface area contributed by atoms with Crippen molar-refractivity contribution >= 4 is 11.7 Å². The van der Waals surface area contributed by atoms with Crippen LogP contribution >= 0.6 is 0 Å². The number of aryl methyl sites for hydroxylation is 1. The summed E-state index contributed by atoms with van der Waals surface area (Å²) in [7, 11) is 0. The van der Waals surface area contributed by atoms with E-state index in [0.29, 0.717) is 17.2 Å². The van der Waals surface area contributed by atoms with Crippen LogP contribution in [0, 0.1) is 6.92 Å². The first-order valence-corrected chi connectivity index (χ1v) is 6.84. The molecule has 0 spiro atoms. The van der Waals surface area contributed by atoms with E-state index in [-0.39, 0.29) is 5.91 Å². The molecule has 0 fully saturated rings. The molecule has 1 amide bonds. The number of carbonyl (C=O) groups excluding carboxylic acids is 1. The molecule has 2 aromatic heterocycles. The zero-order chi connectivity index (χ0) is 15.4. The van der Waals surface area contributed by atoms with Crippen molar-refractivity contribution in [2.75, 3.05) is 5.32 Å². The maximum Gasteiger partial charge on any atom is 0.259 e. The summed E-state index contributed by atoms with van der Waals surface area (Å²) in [5.74, 6) is 0.840. The van der Waals surface area contributed by atoms with E-state index in [2.05, 4.69) is 20.3 Å². The van der Waals surface area contributed by atoms with Crippen LogP contribution in [0.4, 0.5) is 5.82 Å². The lowest BCUT2D eigenvalue weighted by Crippen LogP contribution is -2.13. The average molecular weight is 290 g/mol. The van der Waals surface area contributed by atoms with E-state index in [1.54, 1.807) is 19.2 Å². The molecule has 1 N–H and O–H groups in total. The summed E-state index contributed by atoms with van der Waals surface area (Å²) in [5, 5.41) is 2.73. The zero-order valence-corrected chi connectivity index (χ0v) is 12.0. The monoisotopic (exact) mass is 290 g/mol. The Bertz CT molecular complexity index is 768. The van der Waals surface area contributed by atoms with Crippen molar-refractivity contribution in [1.29, 1.82) is 0 Å². The molecule has 0 saturated heterocycles. The van der Waals surface area contributed by atoms with Gasteiger partial charge in [-0.3, -0.25) is 4.79 Å². The first-order valence-electron chi connectivity index (χ1n) is 6.84. The van der Waals surface area contributed by atoms with Crippen molar-refractivity contribution in [3.63, 3.8) is 0 Å². The number of hydrogen-bond donors (Lipinski definition) is 1. The minimum absolute atomic E-state index is 0.278. The Morgan fingerprint density at radius 3 is 2.23 bits per heavy atom. The number of rotatable bonds is 3. The molecular weight excluding hydrogens is 276 g/mol. The zero-order valence-electron chi connectivity index (χ0n) is 12.0. The SMILES string of the molecule is Cc1ncc(C(=O)Nc2ccc(-c3ccccc3)cn2)cn1. The number of benzene rings is 1. The van der Waals surface area contributed by atoms with Crippen LogP contribution in [0.25, 0.3) is 11.1 Å². The van der Waals surface area contributed by atoms with Gasteiger partial charge in [-0.05, 0) is 24.6 Å². The van der Waals surface area contributed by atoms with Gasteiger partial charge in [0.05, 0.1) is 5.56 Å². The van der Waals surface area contributed by atoms with Gasteiger partial charge in [0.2, 0.25) is 0 Å². The molecular formula is C17H14N4O. The summed E-state index contributed by atoms with van der Waals surface area (Å²) in [4.78, 5) is 24.3. The summed E-state index contributed by atoms with van der Waals surface area (Å²) >= 11 is 0. The number of hydrogen-bond acceptors (Lipinski definition) is 4. The number of aromatic nitrogens is 3. The topological polar surface area (TPSA) is 67.8 Å². The van der Waals surface area contributed by atoms with E-state index < -0.39 is 0 Å². The summed E-state index contributed by atoms with van der Waals surface area (Å²) in [6, 6.07) is 13.6. The maximum absolute atomic E-state index is 12.0. The van der Waals surface area contributed by atoms with Gasteiger partial charge in [-0.2, -0.15) is 0 Å². The second-order valence-corrected chi connectivity index (χ2v) is 4.77. The van der Waals surface area contributed by atoms with Gasteiger partial charge in [-0.15, -0.1) is 0 Å². The summed E-state index contributed by atoms with van der Waals surface area (Å²) in [5.41, 5.74) is 2.48. The summed E-state index contributed by atoms with van der Waals surface area (Å²) < 4.78 is 0. The molecule has 0 atom stereocenters. The predicted molar refractivity (Wildman–Crippen MR) is 84.4 cm³/mol. The minimum atomic E-state index is -0.278. The van der Waals surface area contributed by atoms with E-state index in [9.17, 15) is 4.79 Å². The average Bonchev–Trinajstić information content (AvgIpc) is 2.57. The van der Waals surface area contributed by atoms with Crippen LogP contribution in [-0.2, 0) is 0 Å². The lowest BCUT2D eigenvalue weighted by Gasteiger charge is -2.06. The van der Waals surface area contributed by atoms with Gasteiger partial charge >= 0.3 is 0 Å². The van der Waals surface area contributed by atoms with Gasteiger partial charge in [0.1, 0.15) is 11.6 Å². The Balaban J connectivity index is 1.73. The van der Waals surface area contributed by atoms with Gasteiger partial charge in [-0.25, -0.2) is 15.0 Å². The van der Waals surface area contributed by atoms with Crippen molar-refractivity contribution in [2.24, 2.45) is 0 Å². The minimum Gasteiger partial charge on any atom is -0.306 e. The molecule has 3 rings (SSSR count). The smallest absolute Gasteiger partial charge is 0.259 e. The first-order chi connectivity index (χ1) is 10.7. The fourth-order valence-electron chi connectivity index (χ4n) is 1.97. The fourth-order valence-corrected chi connectivity index (χ4v) is 1.97. The molecule has 2 heterocycles. The molecule has 1 aromatic carbocycles.